The zero-order chi connectivity index (χ0) is 26.6. The Balaban J connectivity index is 1.55. The monoisotopic (exact) mass is 496 g/mol. The van der Waals surface area contributed by atoms with Gasteiger partial charge in [-0.1, -0.05) is 48.6 Å². The van der Waals surface area contributed by atoms with Crippen molar-refractivity contribution in [2.45, 2.75) is 58.3 Å². The third kappa shape index (κ3) is 5.84. The van der Waals surface area contributed by atoms with Crippen molar-refractivity contribution in [3.63, 3.8) is 0 Å². The Hall–Kier alpha value is -3.28. The summed E-state index contributed by atoms with van der Waals surface area (Å²) >= 11 is 0. The van der Waals surface area contributed by atoms with Gasteiger partial charge < -0.3 is 18.8 Å². The molecule has 37 heavy (non-hydrogen) atoms. The molecule has 0 spiro atoms. The van der Waals surface area contributed by atoms with E-state index in [0.29, 0.717) is 6.61 Å². The minimum absolute atomic E-state index is 0.361. The van der Waals surface area contributed by atoms with Gasteiger partial charge >= 0.3 is 7.12 Å². The fraction of sp³-hybridized carbons (Fsp3) is 0.312. The molecule has 0 amide bonds. The third-order valence-corrected chi connectivity index (χ3v) is 7.28. The van der Waals surface area contributed by atoms with Crippen LogP contribution >= 0.6 is 0 Å². The van der Waals surface area contributed by atoms with Crippen LogP contribution in [0.3, 0.4) is 0 Å². The molecule has 0 radical (unpaired) electrons. The Morgan fingerprint density at radius 3 is 2.03 bits per heavy atom. The summed E-state index contributed by atoms with van der Waals surface area (Å²) in [6, 6.07) is 20.8. The normalized spacial score (nSPS) is 15.9. The van der Waals surface area contributed by atoms with Crippen molar-refractivity contribution in [1.82, 2.24) is 0 Å². The molecule has 0 atom stereocenters. The first-order valence-electron chi connectivity index (χ1n) is 12.8. The highest BCUT2D eigenvalue weighted by atomic mass is 16.7. The van der Waals surface area contributed by atoms with E-state index in [1.807, 2.05) is 24.3 Å². The molecule has 1 heterocycles. The standard InChI is InChI=1S/C32H37BO4/c1-8-10-23-14-18-30(28(20-23)25-15-19-29(34-7)26(21-25)11-9-2)35-22-24-12-16-27(17-13-24)33-36-31(3,4)32(5,6)37-33/h8-9,12-21H,1-2,10-11,22H2,3-7H3. The minimum atomic E-state index is -0.371. The second kappa shape index (κ2) is 11.0. The second-order valence-electron chi connectivity index (χ2n) is 10.5. The van der Waals surface area contributed by atoms with Gasteiger partial charge in [-0.2, -0.15) is 0 Å². The highest BCUT2D eigenvalue weighted by Crippen LogP contribution is 2.37. The lowest BCUT2D eigenvalue weighted by atomic mass is 9.79. The lowest BCUT2D eigenvalue weighted by molar-refractivity contribution is 0.00578. The molecule has 1 aliphatic rings. The molecule has 0 aromatic heterocycles. The van der Waals surface area contributed by atoms with Crippen LogP contribution in [-0.2, 0) is 28.8 Å². The molecule has 5 heteroatoms. The quantitative estimate of drug-likeness (QED) is 0.231. The summed E-state index contributed by atoms with van der Waals surface area (Å²) in [7, 11) is 1.32. The van der Waals surface area contributed by atoms with Crippen LogP contribution in [0.4, 0.5) is 0 Å². The summed E-state index contributed by atoms with van der Waals surface area (Å²) in [6.45, 7) is 16.5. The Morgan fingerprint density at radius 2 is 1.41 bits per heavy atom. The molecule has 0 saturated carbocycles. The number of hydrogen-bond acceptors (Lipinski definition) is 4. The maximum Gasteiger partial charge on any atom is 0.494 e. The summed E-state index contributed by atoms with van der Waals surface area (Å²) in [6.07, 6.45) is 5.33. The van der Waals surface area contributed by atoms with Crippen LogP contribution in [0, 0.1) is 0 Å². The molecule has 0 N–H and O–H groups in total. The number of methoxy groups -OCH3 is 1. The lowest BCUT2D eigenvalue weighted by Crippen LogP contribution is -2.41. The Bertz CT molecular complexity index is 1240. The summed E-state index contributed by atoms with van der Waals surface area (Å²) in [5, 5.41) is 0. The predicted octanol–water partition coefficient (Wildman–Crippen LogP) is 6.70. The first kappa shape index (κ1) is 26.8. The molecule has 0 unspecified atom stereocenters. The van der Waals surface area contributed by atoms with Crippen LogP contribution in [0.1, 0.15) is 44.4 Å². The lowest BCUT2D eigenvalue weighted by Gasteiger charge is -2.32. The van der Waals surface area contributed by atoms with E-state index in [2.05, 4.69) is 89.4 Å². The zero-order valence-corrected chi connectivity index (χ0v) is 22.7. The highest BCUT2D eigenvalue weighted by molar-refractivity contribution is 6.62. The van der Waals surface area contributed by atoms with E-state index in [4.69, 9.17) is 18.8 Å². The molecule has 192 valence electrons. The first-order valence-corrected chi connectivity index (χ1v) is 12.8. The van der Waals surface area contributed by atoms with Crippen LogP contribution < -0.4 is 14.9 Å². The number of ether oxygens (including phenoxy) is 2. The van der Waals surface area contributed by atoms with Crippen molar-refractivity contribution in [3.8, 4) is 22.6 Å². The average molecular weight is 496 g/mol. The van der Waals surface area contributed by atoms with E-state index in [-0.39, 0.29) is 18.3 Å². The van der Waals surface area contributed by atoms with E-state index in [1.165, 1.54) is 5.56 Å². The maximum atomic E-state index is 6.36. The van der Waals surface area contributed by atoms with Crippen LogP contribution in [-0.4, -0.2) is 25.4 Å². The van der Waals surface area contributed by atoms with E-state index in [0.717, 1.165) is 52.1 Å². The molecular weight excluding hydrogens is 459 g/mol. The summed E-state index contributed by atoms with van der Waals surface area (Å²) < 4.78 is 24.3. The van der Waals surface area contributed by atoms with Crippen LogP contribution in [0.15, 0.2) is 86.0 Å². The highest BCUT2D eigenvalue weighted by Gasteiger charge is 2.51. The molecule has 4 rings (SSSR count). The molecule has 1 aliphatic heterocycles. The molecule has 3 aromatic carbocycles. The van der Waals surface area contributed by atoms with Gasteiger partial charge in [0.1, 0.15) is 18.1 Å². The molecular formula is C32H37BO4. The Labute approximate surface area is 222 Å². The molecule has 0 aliphatic carbocycles. The Morgan fingerprint density at radius 1 is 0.784 bits per heavy atom. The van der Waals surface area contributed by atoms with Crippen molar-refractivity contribution in [1.29, 1.82) is 0 Å². The molecule has 0 bridgehead atoms. The van der Waals surface area contributed by atoms with Gasteiger partial charge in [0.25, 0.3) is 0 Å². The van der Waals surface area contributed by atoms with E-state index in [9.17, 15) is 0 Å². The van der Waals surface area contributed by atoms with Gasteiger partial charge in [0.2, 0.25) is 0 Å². The molecule has 1 saturated heterocycles. The molecule has 3 aromatic rings. The van der Waals surface area contributed by atoms with Gasteiger partial charge in [0.15, 0.2) is 0 Å². The van der Waals surface area contributed by atoms with Crippen molar-refractivity contribution in [3.05, 3.63) is 103 Å². The Kier molecular flexibility index (Phi) is 7.96. The van der Waals surface area contributed by atoms with Gasteiger partial charge in [0, 0.05) is 5.56 Å². The minimum Gasteiger partial charge on any atom is -0.496 e. The van der Waals surface area contributed by atoms with Crippen molar-refractivity contribution in [2.24, 2.45) is 0 Å². The van der Waals surface area contributed by atoms with Crippen molar-refractivity contribution in [2.75, 3.05) is 7.11 Å². The van der Waals surface area contributed by atoms with Gasteiger partial charge in [0.05, 0.1) is 18.3 Å². The van der Waals surface area contributed by atoms with Gasteiger partial charge in [-0.05, 0) is 92.5 Å². The smallest absolute Gasteiger partial charge is 0.494 e. The molecule has 4 nitrogen and oxygen atoms in total. The number of allylic oxidation sites excluding steroid dienone is 2. The van der Waals surface area contributed by atoms with Gasteiger partial charge in [-0.15, -0.1) is 13.2 Å². The summed E-state index contributed by atoms with van der Waals surface area (Å²) in [5.41, 5.74) is 5.75. The number of hydrogen-bond donors (Lipinski definition) is 0. The molecule has 1 fully saturated rings. The first-order chi connectivity index (χ1) is 17.7. The van der Waals surface area contributed by atoms with E-state index >= 15 is 0 Å². The summed E-state index contributed by atoms with van der Waals surface area (Å²) in [4.78, 5) is 0. The van der Waals surface area contributed by atoms with Crippen LogP contribution in [0.2, 0.25) is 0 Å². The fourth-order valence-electron chi connectivity index (χ4n) is 4.39. The second-order valence-corrected chi connectivity index (χ2v) is 10.5. The third-order valence-electron chi connectivity index (χ3n) is 7.28. The van der Waals surface area contributed by atoms with Crippen LogP contribution in [0.25, 0.3) is 11.1 Å². The van der Waals surface area contributed by atoms with Crippen molar-refractivity contribution < 1.29 is 18.8 Å². The fourth-order valence-corrected chi connectivity index (χ4v) is 4.39. The average Bonchev–Trinajstić information content (AvgIpc) is 3.10. The van der Waals surface area contributed by atoms with Crippen molar-refractivity contribution >= 4 is 12.6 Å². The topological polar surface area (TPSA) is 36.9 Å². The maximum absolute atomic E-state index is 6.36. The zero-order valence-electron chi connectivity index (χ0n) is 22.7. The largest absolute Gasteiger partial charge is 0.496 e. The SMILES string of the molecule is C=CCc1ccc(OCc2ccc(B3OC(C)(C)C(C)(C)O3)cc2)c(-c2ccc(OC)c(CC=C)c2)c1. The summed E-state index contributed by atoms with van der Waals surface area (Å²) in [5.74, 6) is 1.69. The van der Waals surface area contributed by atoms with E-state index in [1.54, 1.807) is 7.11 Å². The number of rotatable bonds is 10. The van der Waals surface area contributed by atoms with Gasteiger partial charge in [-0.3, -0.25) is 0 Å². The van der Waals surface area contributed by atoms with E-state index < -0.39 is 0 Å². The van der Waals surface area contributed by atoms with Crippen LogP contribution in [0.5, 0.6) is 11.5 Å². The number of benzene rings is 3. The van der Waals surface area contributed by atoms with Gasteiger partial charge in [-0.25, -0.2) is 0 Å². The predicted molar refractivity (Wildman–Crippen MR) is 153 cm³/mol.